The summed E-state index contributed by atoms with van der Waals surface area (Å²) in [4.78, 5) is 11.6. The van der Waals surface area contributed by atoms with E-state index in [2.05, 4.69) is 92.1 Å². The van der Waals surface area contributed by atoms with E-state index < -0.39 is 8.32 Å². The minimum absolute atomic E-state index is 0.00681. The summed E-state index contributed by atoms with van der Waals surface area (Å²) in [7, 11) is -2.49. The van der Waals surface area contributed by atoms with Crippen LogP contribution < -0.4 is 21.0 Å². The number of carbonyl (C=O) groups excluding carboxylic acids is 1. The minimum atomic E-state index is -2.49. The Morgan fingerprint density at radius 3 is 2.00 bits per heavy atom. The van der Waals surface area contributed by atoms with Crippen LogP contribution in [0.3, 0.4) is 0 Å². The summed E-state index contributed by atoms with van der Waals surface area (Å²) in [6.07, 6.45) is 3.79. The molecule has 0 radical (unpaired) electrons. The molecule has 0 bridgehead atoms. The van der Waals surface area contributed by atoms with Crippen LogP contribution in [0.5, 0.6) is 0 Å². The molecule has 2 heterocycles. The molecule has 0 aliphatic carbocycles. The van der Waals surface area contributed by atoms with Gasteiger partial charge in [-0.25, -0.2) is 0 Å². The molecule has 5 heteroatoms. The maximum Gasteiger partial charge on any atom is 0.261 e. The van der Waals surface area contributed by atoms with Crippen LogP contribution in [0.1, 0.15) is 46.5 Å². The van der Waals surface area contributed by atoms with Crippen LogP contribution in [0.4, 0.5) is 0 Å². The van der Waals surface area contributed by atoms with E-state index in [1.165, 1.54) is 10.4 Å². The number of rotatable bonds is 6. The number of amides is 1. The molecule has 0 aromatic heterocycles. The van der Waals surface area contributed by atoms with Crippen LogP contribution in [-0.2, 0) is 9.22 Å². The topological polar surface area (TPSA) is 50.4 Å². The van der Waals surface area contributed by atoms with E-state index in [1.54, 1.807) is 0 Å². The molecule has 2 aromatic carbocycles. The van der Waals surface area contributed by atoms with E-state index >= 15 is 0 Å². The zero-order valence-corrected chi connectivity index (χ0v) is 19.4. The number of nitrogens with one attached hydrogen (secondary N) is 2. The van der Waals surface area contributed by atoms with E-state index in [9.17, 15) is 4.79 Å². The van der Waals surface area contributed by atoms with Gasteiger partial charge in [-0.05, 0) is 34.7 Å². The van der Waals surface area contributed by atoms with Crippen molar-refractivity contribution in [1.29, 1.82) is 0 Å². The average Bonchev–Trinajstić information content (AvgIpc) is 3.38. The molecule has 30 heavy (non-hydrogen) atoms. The van der Waals surface area contributed by atoms with Gasteiger partial charge in [-0.15, -0.1) is 0 Å². The average molecular weight is 423 g/mol. The molecular formula is C25H34N2O2Si. The number of hydrogen-bond donors (Lipinski definition) is 2. The first-order valence-corrected chi connectivity index (χ1v) is 13.1. The Labute approximate surface area is 181 Å². The van der Waals surface area contributed by atoms with Crippen LogP contribution in [-0.4, -0.2) is 39.0 Å². The predicted molar refractivity (Wildman–Crippen MR) is 125 cm³/mol. The molecule has 2 aliphatic heterocycles. The van der Waals surface area contributed by atoms with Crippen molar-refractivity contribution in [2.75, 3.05) is 6.61 Å². The fourth-order valence-corrected chi connectivity index (χ4v) is 9.83. The number of hydrogen-bond acceptors (Lipinski definition) is 3. The van der Waals surface area contributed by atoms with Gasteiger partial charge in [-0.3, -0.25) is 4.79 Å². The number of benzene rings is 2. The standard InChI is InChI=1S/C25H34N2O2Si/c1-25(2,3)30(20-10-6-4-7-11-20,21-12-8-5-9-13-21)29-18-19-14-15-22(26-19)23-16-17-24(28)27-23/h4-13,19,22-23,26H,14-18H2,1-3H3,(H,27,28)/t19-,22-,23-/m1/s1. The summed E-state index contributed by atoms with van der Waals surface area (Å²) in [5.74, 6) is 0.189. The Morgan fingerprint density at radius 1 is 0.900 bits per heavy atom. The monoisotopic (exact) mass is 422 g/mol. The summed E-state index contributed by atoms with van der Waals surface area (Å²) < 4.78 is 7.07. The molecule has 2 aromatic rings. The molecule has 160 valence electrons. The van der Waals surface area contributed by atoms with Crippen LogP contribution in [0.15, 0.2) is 60.7 Å². The Bertz CT molecular complexity index is 811. The lowest BCUT2D eigenvalue weighted by atomic mass is 10.1. The minimum Gasteiger partial charge on any atom is -0.406 e. The highest BCUT2D eigenvalue weighted by molar-refractivity contribution is 6.99. The normalized spacial score (nSPS) is 24.8. The molecule has 2 N–H and O–H groups in total. The smallest absolute Gasteiger partial charge is 0.261 e. The third-order valence-corrected chi connectivity index (χ3v) is 11.7. The maximum atomic E-state index is 11.6. The Balaban J connectivity index is 1.57. The molecule has 1 amide bonds. The van der Waals surface area contributed by atoms with Crippen molar-refractivity contribution in [2.45, 2.75) is 69.6 Å². The van der Waals surface area contributed by atoms with E-state index in [1.807, 2.05) is 0 Å². The zero-order valence-electron chi connectivity index (χ0n) is 18.4. The summed E-state index contributed by atoms with van der Waals surface area (Å²) >= 11 is 0. The molecule has 4 rings (SSSR count). The second kappa shape index (κ2) is 8.65. The molecular weight excluding hydrogens is 388 g/mol. The second-order valence-electron chi connectivity index (χ2n) is 9.73. The van der Waals surface area contributed by atoms with Gasteiger partial charge in [0.05, 0.1) is 6.61 Å². The van der Waals surface area contributed by atoms with Crippen molar-refractivity contribution in [3.8, 4) is 0 Å². The Hall–Kier alpha value is -1.95. The first kappa shape index (κ1) is 21.3. The highest BCUT2D eigenvalue weighted by Crippen LogP contribution is 2.37. The van der Waals surface area contributed by atoms with Gasteiger partial charge >= 0.3 is 0 Å². The molecule has 0 spiro atoms. The zero-order chi connectivity index (χ0) is 21.2. The van der Waals surface area contributed by atoms with Gasteiger partial charge in [0.15, 0.2) is 0 Å². The van der Waals surface area contributed by atoms with Gasteiger partial charge in [-0.1, -0.05) is 81.4 Å². The summed E-state index contributed by atoms with van der Waals surface area (Å²) in [5.41, 5.74) is 0. The Morgan fingerprint density at radius 2 is 1.50 bits per heavy atom. The van der Waals surface area contributed by atoms with Crippen molar-refractivity contribution < 1.29 is 9.22 Å². The molecule has 0 saturated carbocycles. The van der Waals surface area contributed by atoms with Crippen molar-refractivity contribution in [3.05, 3.63) is 60.7 Å². The third-order valence-electron chi connectivity index (χ3n) is 6.71. The molecule has 3 atom stereocenters. The quantitative estimate of drug-likeness (QED) is 0.704. The fourth-order valence-electron chi connectivity index (χ4n) is 5.23. The van der Waals surface area contributed by atoms with Crippen LogP contribution in [0, 0.1) is 0 Å². The van der Waals surface area contributed by atoms with Gasteiger partial charge in [0, 0.05) is 24.5 Å². The largest absolute Gasteiger partial charge is 0.406 e. The second-order valence-corrected chi connectivity index (χ2v) is 14.0. The van der Waals surface area contributed by atoms with Gasteiger partial charge in [0.25, 0.3) is 8.32 Å². The van der Waals surface area contributed by atoms with Crippen molar-refractivity contribution >= 4 is 24.6 Å². The summed E-state index contributed by atoms with van der Waals surface area (Å²) in [6.45, 7) is 7.65. The molecule has 4 nitrogen and oxygen atoms in total. The first-order chi connectivity index (χ1) is 14.4. The van der Waals surface area contributed by atoms with Crippen molar-refractivity contribution in [1.82, 2.24) is 10.6 Å². The van der Waals surface area contributed by atoms with E-state index in [4.69, 9.17) is 4.43 Å². The van der Waals surface area contributed by atoms with Crippen LogP contribution in [0.25, 0.3) is 0 Å². The SMILES string of the molecule is CC(C)(C)[Si](OC[C@H]1CC[C@H]([C@H]2CCC(=O)N2)N1)(c1ccccc1)c1ccccc1. The molecule has 2 aliphatic rings. The first-order valence-electron chi connectivity index (χ1n) is 11.2. The number of carbonyl (C=O) groups is 1. The van der Waals surface area contributed by atoms with Crippen molar-refractivity contribution in [3.63, 3.8) is 0 Å². The highest BCUT2D eigenvalue weighted by Gasteiger charge is 2.50. The fraction of sp³-hybridized carbons (Fsp3) is 0.480. The van der Waals surface area contributed by atoms with Gasteiger partial charge in [0.2, 0.25) is 5.91 Å². The maximum absolute atomic E-state index is 11.6. The third kappa shape index (κ3) is 4.11. The molecule has 2 fully saturated rings. The van der Waals surface area contributed by atoms with Gasteiger partial charge < -0.3 is 15.1 Å². The lowest BCUT2D eigenvalue weighted by Crippen LogP contribution is -2.67. The van der Waals surface area contributed by atoms with E-state index in [-0.39, 0.29) is 17.0 Å². The van der Waals surface area contributed by atoms with Crippen LogP contribution in [0.2, 0.25) is 5.04 Å². The summed E-state index contributed by atoms with van der Waals surface area (Å²) in [6, 6.07) is 22.6. The lowest BCUT2D eigenvalue weighted by molar-refractivity contribution is -0.119. The van der Waals surface area contributed by atoms with Crippen LogP contribution >= 0.6 is 0 Å². The molecule has 0 unspecified atom stereocenters. The van der Waals surface area contributed by atoms with Gasteiger partial charge in [-0.2, -0.15) is 0 Å². The van der Waals surface area contributed by atoms with Crippen molar-refractivity contribution in [2.24, 2.45) is 0 Å². The summed E-state index contributed by atoms with van der Waals surface area (Å²) in [5, 5.41) is 9.53. The van der Waals surface area contributed by atoms with E-state index in [0.29, 0.717) is 25.1 Å². The Kier molecular flexibility index (Phi) is 6.14. The molecule has 2 saturated heterocycles. The van der Waals surface area contributed by atoms with Gasteiger partial charge in [0.1, 0.15) is 0 Å². The van der Waals surface area contributed by atoms with E-state index in [0.717, 1.165) is 19.3 Å². The highest BCUT2D eigenvalue weighted by atomic mass is 28.4. The predicted octanol–water partition coefficient (Wildman–Crippen LogP) is 2.96. The lowest BCUT2D eigenvalue weighted by Gasteiger charge is -2.43.